The molecular formula is C13H17N3O. The Morgan fingerprint density at radius 2 is 2.24 bits per heavy atom. The lowest BCUT2D eigenvalue weighted by molar-refractivity contribution is 0.416. The minimum Gasteiger partial charge on any atom is -0.496 e. The van der Waals surface area contributed by atoms with E-state index in [2.05, 4.69) is 29.0 Å². The van der Waals surface area contributed by atoms with Gasteiger partial charge in [0.2, 0.25) is 0 Å². The van der Waals surface area contributed by atoms with Crippen LogP contribution in [-0.2, 0) is 13.0 Å². The van der Waals surface area contributed by atoms with Gasteiger partial charge in [0.15, 0.2) is 0 Å². The standard InChI is InChI=1S/C13H17N3O/c1-3-9-4-5-12(17-2)10(6-9)13-11(7-14)15-8-16-13/h4-6,8H,3,7,14H2,1-2H3,(H,15,16). The van der Waals surface area contributed by atoms with Crippen molar-refractivity contribution in [2.24, 2.45) is 5.73 Å². The number of methoxy groups -OCH3 is 1. The van der Waals surface area contributed by atoms with Crippen LogP contribution in [-0.4, -0.2) is 17.1 Å². The number of hydrogen-bond donors (Lipinski definition) is 2. The van der Waals surface area contributed by atoms with Crippen molar-refractivity contribution in [3.8, 4) is 17.0 Å². The third-order valence-corrected chi connectivity index (χ3v) is 2.85. The van der Waals surface area contributed by atoms with Gasteiger partial charge in [0, 0.05) is 12.1 Å². The maximum absolute atomic E-state index is 5.68. The Hall–Kier alpha value is -1.81. The molecule has 1 aromatic carbocycles. The number of H-pyrrole nitrogens is 1. The van der Waals surface area contributed by atoms with E-state index in [1.807, 2.05) is 6.07 Å². The van der Waals surface area contributed by atoms with Crippen LogP contribution in [0.5, 0.6) is 5.75 Å². The van der Waals surface area contributed by atoms with Gasteiger partial charge in [-0.05, 0) is 24.1 Å². The molecule has 4 nitrogen and oxygen atoms in total. The van der Waals surface area contributed by atoms with Crippen molar-refractivity contribution in [2.75, 3.05) is 7.11 Å². The van der Waals surface area contributed by atoms with Crippen LogP contribution in [0.1, 0.15) is 18.2 Å². The predicted molar refractivity (Wildman–Crippen MR) is 67.8 cm³/mol. The largest absolute Gasteiger partial charge is 0.496 e. The van der Waals surface area contributed by atoms with Gasteiger partial charge >= 0.3 is 0 Å². The van der Waals surface area contributed by atoms with Crippen molar-refractivity contribution in [1.29, 1.82) is 0 Å². The predicted octanol–water partition coefficient (Wildman–Crippen LogP) is 2.11. The maximum Gasteiger partial charge on any atom is 0.128 e. The number of nitrogens with two attached hydrogens (primary N) is 1. The number of imidazole rings is 1. The minimum absolute atomic E-state index is 0.439. The second-order valence-electron chi connectivity index (χ2n) is 3.82. The lowest BCUT2D eigenvalue weighted by Crippen LogP contribution is -2.00. The van der Waals surface area contributed by atoms with Gasteiger partial charge in [-0.3, -0.25) is 0 Å². The van der Waals surface area contributed by atoms with Gasteiger partial charge in [0.25, 0.3) is 0 Å². The highest BCUT2D eigenvalue weighted by molar-refractivity contribution is 5.70. The van der Waals surface area contributed by atoms with Gasteiger partial charge in [0.05, 0.1) is 24.8 Å². The molecule has 17 heavy (non-hydrogen) atoms. The number of aryl methyl sites for hydroxylation is 1. The summed E-state index contributed by atoms with van der Waals surface area (Å²) in [6.45, 7) is 2.56. The summed E-state index contributed by atoms with van der Waals surface area (Å²) in [7, 11) is 1.67. The van der Waals surface area contributed by atoms with Gasteiger partial charge in [-0.1, -0.05) is 13.0 Å². The van der Waals surface area contributed by atoms with E-state index in [-0.39, 0.29) is 0 Å². The highest BCUT2D eigenvalue weighted by Crippen LogP contribution is 2.31. The molecule has 90 valence electrons. The molecule has 0 aliphatic rings. The van der Waals surface area contributed by atoms with E-state index in [1.54, 1.807) is 13.4 Å². The van der Waals surface area contributed by atoms with Gasteiger partial charge in [-0.25, -0.2) is 4.98 Å². The van der Waals surface area contributed by atoms with Crippen LogP contribution in [0.3, 0.4) is 0 Å². The van der Waals surface area contributed by atoms with E-state index in [4.69, 9.17) is 10.5 Å². The van der Waals surface area contributed by atoms with E-state index < -0.39 is 0 Å². The molecule has 0 aliphatic heterocycles. The summed E-state index contributed by atoms with van der Waals surface area (Å²) in [5, 5.41) is 0. The zero-order valence-electron chi connectivity index (χ0n) is 10.2. The van der Waals surface area contributed by atoms with E-state index >= 15 is 0 Å². The zero-order chi connectivity index (χ0) is 12.3. The second-order valence-corrected chi connectivity index (χ2v) is 3.82. The molecule has 3 N–H and O–H groups in total. The Labute approximate surface area is 101 Å². The lowest BCUT2D eigenvalue weighted by atomic mass is 10.0. The summed E-state index contributed by atoms with van der Waals surface area (Å²) in [5.41, 5.74) is 9.73. The molecule has 0 radical (unpaired) electrons. The average molecular weight is 231 g/mol. The first-order valence-electron chi connectivity index (χ1n) is 5.69. The summed E-state index contributed by atoms with van der Waals surface area (Å²) in [5.74, 6) is 0.823. The fourth-order valence-electron chi connectivity index (χ4n) is 1.87. The molecule has 4 heteroatoms. The highest BCUT2D eigenvalue weighted by Gasteiger charge is 2.12. The summed E-state index contributed by atoms with van der Waals surface area (Å²) in [4.78, 5) is 7.38. The maximum atomic E-state index is 5.68. The molecule has 0 atom stereocenters. The monoisotopic (exact) mass is 231 g/mol. The smallest absolute Gasteiger partial charge is 0.128 e. The molecule has 0 amide bonds. The quantitative estimate of drug-likeness (QED) is 0.847. The third kappa shape index (κ3) is 2.17. The number of nitrogens with one attached hydrogen (secondary N) is 1. The average Bonchev–Trinajstić information content (AvgIpc) is 2.86. The number of ether oxygens (including phenoxy) is 1. The Balaban J connectivity index is 2.56. The molecule has 2 aromatic rings. The molecule has 0 saturated heterocycles. The fourth-order valence-corrected chi connectivity index (χ4v) is 1.87. The summed E-state index contributed by atoms with van der Waals surface area (Å²) >= 11 is 0. The van der Waals surface area contributed by atoms with Gasteiger partial charge in [0.1, 0.15) is 5.75 Å². The Morgan fingerprint density at radius 3 is 2.88 bits per heavy atom. The highest BCUT2D eigenvalue weighted by atomic mass is 16.5. The number of hydrogen-bond acceptors (Lipinski definition) is 3. The fraction of sp³-hybridized carbons (Fsp3) is 0.308. The topological polar surface area (TPSA) is 63.9 Å². The SMILES string of the molecule is CCc1ccc(OC)c(-c2nc[nH]c2CN)c1. The van der Waals surface area contributed by atoms with Crippen molar-refractivity contribution in [3.63, 3.8) is 0 Å². The summed E-state index contributed by atoms with van der Waals surface area (Å²) < 4.78 is 5.37. The molecule has 0 aliphatic carbocycles. The van der Waals surface area contributed by atoms with Crippen LogP contribution in [0.2, 0.25) is 0 Å². The number of aromatic amines is 1. The van der Waals surface area contributed by atoms with Crippen molar-refractivity contribution in [3.05, 3.63) is 35.8 Å². The lowest BCUT2D eigenvalue weighted by Gasteiger charge is -2.09. The second kappa shape index (κ2) is 5.01. The normalized spacial score (nSPS) is 10.5. The van der Waals surface area contributed by atoms with Crippen LogP contribution in [0.25, 0.3) is 11.3 Å². The van der Waals surface area contributed by atoms with Gasteiger partial charge < -0.3 is 15.5 Å². The summed E-state index contributed by atoms with van der Waals surface area (Å²) in [6, 6.07) is 6.15. The molecule has 0 spiro atoms. The van der Waals surface area contributed by atoms with E-state index in [0.29, 0.717) is 6.54 Å². The molecule has 0 saturated carbocycles. The van der Waals surface area contributed by atoms with Crippen LogP contribution < -0.4 is 10.5 Å². The first-order chi connectivity index (χ1) is 8.30. The number of nitrogens with zero attached hydrogens (tertiary/aromatic N) is 1. The van der Waals surface area contributed by atoms with Crippen LogP contribution in [0, 0.1) is 0 Å². The molecular weight excluding hydrogens is 214 g/mol. The number of rotatable bonds is 4. The first-order valence-corrected chi connectivity index (χ1v) is 5.69. The Kier molecular flexibility index (Phi) is 3.44. The van der Waals surface area contributed by atoms with E-state index in [0.717, 1.165) is 29.1 Å². The Morgan fingerprint density at radius 1 is 1.41 bits per heavy atom. The number of aromatic nitrogens is 2. The van der Waals surface area contributed by atoms with Crippen molar-refractivity contribution < 1.29 is 4.74 Å². The number of benzene rings is 1. The minimum atomic E-state index is 0.439. The van der Waals surface area contributed by atoms with Crippen molar-refractivity contribution >= 4 is 0 Å². The van der Waals surface area contributed by atoms with Crippen LogP contribution in [0.15, 0.2) is 24.5 Å². The van der Waals surface area contributed by atoms with E-state index in [1.165, 1.54) is 5.56 Å². The van der Waals surface area contributed by atoms with Crippen LogP contribution >= 0.6 is 0 Å². The molecule has 1 aromatic heterocycles. The molecule has 0 bridgehead atoms. The summed E-state index contributed by atoms with van der Waals surface area (Å²) in [6.07, 6.45) is 2.65. The van der Waals surface area contributed by atoms with Crippen LogP contribution in [0.4, 0.5) is 0 Å². The Bertz CT molecular complexity index is 505. The molecule has 0 unspecified atom stereocenters. The van der Waals surface area contributed by atoms with Gasteiger partial charge in [-0.2, -0.15) is 0 Å². The first kappa shape index (κ1) is 11.7. The molecule has 2 rings (SSSR count). The van der Waals surface area contributed by atoms with Gasteiger partial charge in [-0.15, -0.1) is 0 Å². The zero-order valence-corrected chi connectivity index (χ0v) is 10.2. The molecule has 0 fully saturated rings. The van der Waals surface area contributed by atoms with Crippen molar-refractivity contribution in [1.82, 2.24) is 9.97 Å². The third-order valence-electron chi connectivity index (χ3n) is 2.85. The van der Waals surface area contributed by atoms with E-state index in [9.17, 15) is 0 Å². The van der Waals surface area contributed by atoms with Crippen molar-refractivity contribution in [2.45, 2.75) is 19.9 Å². The molecule has 1 heterocycles.